The molecule has 6 heteroatoms. The van der Waals surface area contributed by atoms with Gasteiger partial charge in [0.2, 0.25) is 5.91 Å². The fourth-order valence-electron chi connectivity index (χ4n) is 2.04. The third-order valence-electron chi connectivity index (χ3n) is 3.45. The molecule has 0 spiro atoms. The smallest absolute Gasteiger partial charge is 0.303 e. The van der Waals surface area contributed by atoms with Crippen molar-refractivity contribution in [1.29, 1.82) is 0 Å². The maximum absolute atomic E-state index is 11.5. The van der Waals surface area contributed by atoms with Crippen LogP contribution in [0.5, 0.6) is 0 Å². The average molecular weight is 291 g/mol. The van der Waals surface area contributed by atoms with Crippen LogP contribution in [0.15, 0.2) is 12.4 Å². The van der Waals surface area contributed by atoms with Gasteiger partial charge in [0.1, 0.15) is 5.82 Å². The van der Waals surface area contributed by atoms with Crippen molar-refractivity contribution in [2.75, 3.05) is 6.54 Å². The maximum Gasteiger partial charge on any atom is 0.303 e. The van der Waals surface area contributed by atoms with Crippen molar-refractivity contribution in [1.82, 2.24) is 15.3 Å². The van der Waals surface area contributed by atoms with Crippen molar-refractivity contribution >= 4 is 11.9 Å². The van der Waals surface area contributed by atoms with Crippen molar-refractivity contribution < 1.29 is 14.7 Å². The Labute approximate surface area is 124 Å². The molecule has 114 valence electrons. The highest BCUT2D eigenvalue weighted by Crippen LogP contribution is 2.37. The molecule has 0 bridgehead atoms. The first-order valence-electron chi connectivity index (χ1n) is 7.44. The zero-order chi connectivity index (χ0) is 15.1. The fourth-order valence-corrected chi connectivity index (χ4v) is 2.04. The highest BCUT2D eigenvalue weighted by molar-refractivity contribution is 5.75. The molecular weight excluding hydrogens is 270 g/mol. The molecule has 1 fully saturated rings. The number of carbonyl (C=O) groups is 2. The molecule has 1 saturated carbocycles. The Morgan fingerprint density at radius 3 is 2.48 bits per heavy atom. The van der Waals surface area contributed by atoms with E-state index in [4.69, 9.17) is 5.11 Å². The molecule has 1 heterocycles. The van der Waals surface area contributed by atoms with E-state index < -0.39 is 5.97 Å². The number of aliphatic carboxylic acids is 1. The van der Waals surface area contributed by atoms with E-state index in [0.29, 0.717) is 38.1 Å². The first kappa shape index (κ1) is 15.4. The molecule has 0 aromatic carbocycles. The highest BCUT2D eigenvalue weighted by atomic mass is 16.4. The van der Waals surface area contributed by atoms with Crippen molar-refractivity contribution in [3.8, 4) is 0 Å². The Hall–Kier alpha value is -1.98. The Kier molecular flexibility index (Phi) is 5.66. The third-order valence-corrected chi connectivity index (χ3v) is 3.45. The maximum atomic E-state index is 11.5. The van der Waals surface area contributed by atoms with E-state index in [2.05, 4.69) is 15.3 Å². The van der Waals surface area contributed by atoms with Gasteiger partial charge in [-0.05, 0) is 37.7 Å². The van der Waals surface area contributed by atoms with Crippen LogP contribution in [-0.4, -0.2) is 33.5 Å². The number of aromatic nitrogens is 2. The third kappa shape index (κ3) is 5.89. The zero-order valence-electron chi connectivity index (χ0n) is 12.0. The van der Waals surface area contributed by atoms with Crippen LogP contribution in [-0.2, 0) is 16.0 Å². The van der Waals surface area contributed by atoms with Crippen molar-refractivity contribution in [3.63, 3.8) is 0 Å². The van der Waals surface area contributed by atoms with Gasteiger partial charge in [0.15, 0.2) is 0 Å². The van der Waals surface area contributed by atoms with Gasteiger partial charge in [-0.25, -0.2) is 9.97 Å². The molecule has 0 radical (unpaired) electrons. The molecule has 0 aliphatic heterocycles. The summed E-state index contributed by atoms with van der Waals surface area (Å²) < 4.78 is 0. The molecule has 1 aromatic rings. The second-order valence-electron chi connectivity index (χ2n) is 5.42. The predicted molar refractivity (Wildman–Crippen MR) is 76.8 cm³/mol. The van der Waals surface area contributed by atoms with Crippen LogP contribution in [0, 0.1) is 0 Å². The van der Waals surface area contributed by atoms with E-state index in [0.717, 1.165) is 11.4 Å². The summed E-state index contributed by atoms with van der Waals surface area (Å²) in [6.07, 6.45) is 8.42. The lowest BCUT2D eigenvalue weighted by Crippen LogP contribution is -2.25. The SMILES string of the molecule is O=C(O)CCCCC(=O)NCCc1cnc(C2CC2)nc1. The van der Waals surface area contributed by atoms with Gasteiger partial charge in [0.05, 0.1) is 0 Å². The quantitative estimate of drug-likeness (QED) is 0.675. The van der Waals surface area contributed by atoms with E-state index in [1.165, 1.54) is 12.8 Å². The fraction of sp³-hybridized carbons (Fsp3) is 0.600. The monoisotopic (exact) mass is 291 g/mol. The van der Waals surface area contributed by atoms with Crippen molar-refractivity contribution in [2.45, 2.75) is 50.9 Å². The van der Waals surface area contributed by atoms with Crippen LogP contribution in [0.1, 0.15) is 55.8 Å². The molecule has 2 N–H and O–H groups in total. The number of rotatable bonds is 9. The number of hydrogen-bond donors (Lipinski definition) is 2. The summed E-state index contributed by atoms with van der Waals surface area (Å²) in [5.74, 6) is 0.645. The highest BCUT2D eigenvalue weighted by Gasteiger charge is 2.25. The van der Waals surface area contributed by atoms with E-state index in [1.54, 1.807) is 0 Å². The Bertz CT molecular complexity index is 483. The summed E-state index contributed by atoms with van der Waals surface area (Å²) in [6, 6.07) is 0. The molecule has 0 unspecified atom stereocenters. The molecule has 1 aliphatic rings. The van der Waals surface area contributed by atoms with E-state index in [-0.39, 0.29) is 12.3 Å². The van der Waals surface area contributed by atoms with Crippen LogP contribution < -0.4 is 5.32 Å². The van der Waals surface area contributed by atoms with E-state index >= 15 is 0 Å². The minimum absolute atomic E-state index is 0.0316. The van der Waals surface area contributed by atoms with Gasteiger partial charge in [-0.2, -0.15) is 0 Å². The van der Waals surface area contributed by atoms with Crippen molar-refractivity contribution in [3.05, 3.63) is 23.8 Å². The molecule has 21 heavy (non-hydrogen) atoms. The Balaban J connectivity index is 1.57. The van der Waals surface area contributed by atoms with Gasteiger partial charge in [-0.15, -0.1) is 0 Å². The average Bonchev–Trinajstić information content (AvgIpc) is 3.29. The minimum Gasteiger partial charge on any atom is -0.481 e. The van der Waals surface area contributed by atoms with Crippen LogP contribution in [0.4, 0.5) is 0 Å². The summed E-state index contributed by atoms with van der Waals surface area (Å²) in [6.45, 7) is 0.559. The molecule has 0 atom stereocenters. The normalized spacial score (nSPS) is 13.9. The van der Waals surface area contributed by atoms with Gasteiger partial charge in [0.25, 0.3) is 0 Å². The van der Waals surface area contributed by atoms with Crippen LogP contribution in [0.2, 0.25) is 0 Å². The van der Waals surface area contributed by atoms with Gasteiger partial charge >= 0.3 is 5.97 Å². The van der Waals surface area contributed by atoms with Gasteiger partial charge in [-0.3, -0.25) is 9.59 Å². The largest absolute Gasteiger partial charge is 0.481 e. The van der Waals surface area contributed by atoms with E-state index in [1.807, 2.05) is 12.4 Å². The lowest BCUT2D eigenvalue weighted by molar-refractivity contribution is -0.137. The summed E-state index contributed by atoms with van der Waals surface area (Å²) in [7, 11) is 0. The Morgan fingerprint density at radius 1 is 1.19 bits per heavy atom. The number of hydrogen-bond acceptors (Lipinski definition) is 4. The summed E-state index contributed by atoms with van der Waals surface area (Å²) >= 11 is 0. The van der Waals surface area contributed by atoms with Crippen LogP contribution in [0.25, 0.3) is 0 Å². The number of amides is 1. The van der Waals surface area contributed by atoms with Crippen molar-refractivity contribution in [2.24, 2.45) is 0 Å². The molecule has 1 aliphatic carbocycles. The summed E-state index contributed by atoms with van der Waals surface area (Å²) in [5, 5.41) is 11.3. The standard InChI is InChI=1S/C15H21N3O3/c19-13(3-1-2-4-14(20)21)16-8-7-11-9-17-15(18-10-11)12-5-6-12/h9-10,12H,1-8H2,(H,16,19)(H,20,21). The number of carboxylic acid groups (broad SMARTS) is 1. The Morgan fingerprint density at radius 2 is 1.86 bits per heavy atom. The summed E-state index contributed by atoms with van der Waals surface area (Å²) in [5.41, 5.74) is 1.02. The second kappa shape index (κ2) is 7.71. The molecule has 1 amide bonds. The first-order valence-corrected chi connectivity index (χ1v) is 7.44. The second-order valence-corrected chi connectivity index (χ2v) is 5.42. The lowest BCUT2D eigenvalue weighted by Gasteiger charge is -2.05. The van der Waals surface area contributed by atoms with Gasteiger partial charge in [0, 0.05) is 37.7 Å². The molecule has 1 aromatic heterocycles. The number of nitrogens with zero attached hydrogens (tertiary/aromatic N) is 2. The molecule has 2 rings (SSSR count). The number of carboxylic acids is 1. The van der Waals surface area contributed by atoms with Gasteiger partial charge < -0.3 is 10.4 Å². The topological polar surface area (TPSA) is 92.2 Å². The number of unbranched alkanes of at least 4 members (excludes halogenated alkanes) is 1. The molecular formula is C15H21N3O3. The minimum atomic E-state index is -0.815. The van der Waals surface area contributed by atoms with Crippen LogP contribution >= 0.6 is 0 Å². The first-order chi connectivity index (χ1) is 10.1. The van der Waals surface area contributed by atoms with Crippen LogP contribution in [0.3, 0.4) is 0 Å². The zero-order valence-corrected chi connectivity index (χ0v) is 12.0. The molecule has 6 nitrogen and oxygen atoms in total. The van der Waals surface area contributed by atoms with E-state index in [9.17, 15) is 9.59 Å². The number of carbonyl (C=O) groups excluding carboxylic acids is 1. The number of nitrogens with one attached hydrogen (secondary N) is 1. The molecule has 0 saturated heterocycles. The summed E-state index contributed by atoms with van der Waals surface area (Å²) in [4.78, 5) is 30.5. The van der Waals surface area contributed by atoms with Gasteiger partial charge in [-0.1, -0.05) is 0 Å². The predicted octanol–water partition coefficient (Wildman–Crippen LogP) is 1.66. The lowest BCUT2D eigenvalue weighted by atomic mass is 10.2.